The fraction of sp³-hybridized carbons (Fsp3) is 0.967. The van der Waals surface area contributed by atoms with Gasteiger partial charge in [-0.1, -0.05) is 0 Å². The molecule has 0 spiro atoms. The molecule has 4 fully saturated rings. The summed E-state index contributed by atoms with van der Waals surface area (Å²) in [6, 6.07) is 0. The lowest BCUT2D eigenvalue weighted by atomic mass is 9.98. The zero-order chi connectivity index (χ0) is 43.1. The SMILES string of the molecule is NOCC(=O)CCCCO[C@H]1OC(CO[C@H]2OC(CO[C@H]3OC(CO[C@H]4OC(COP(=O)(O)O)[C@@H](O)[C@H](O)C4O)[C@@H](O)[C@H](O)C3O)[C@@H](O)[C@H](O)C2O)[C@@H](O)[C@H](O)C1O. The summed E-state index contributed by atoms with van der Waals surface area (Å²) < 4.78 is 59.1. The van der Waals surface area contributed by atoms with Crippen LogP contribution in [0.25, 0.3) is 0 Å². The molecule has 0 bridgehead atoms. The van der Waals surface area contributed by atoms with Crippen molar-refractivity contribution in [2.24, 2.45) is 5.90 Å². The first-order valence-electron chi connectivity index (χ1n) is 18.0. The Hall–Kier alpha value is -1.10. The van der Waals surface area contributed by atoms with Crippen LogP contribution in [0, 0.1) is 0 Å². The van der Waals surface area contributed by atoms with Crippen LogP contribution in [0.2, 0.25) is 0 Å². The van der Waals surface area contributed by atoms with Crippen LogP contribution in [-0.2, 0) is 56.6 Å². The predicted molar refractivity (Wildman–Crippen MR) is 178 cm³/mol. The molecule has 0 aromatic heterocycles. The minimum Gasteiger partial charge on any atom is -0.387 e. The molecule has 58 heavy (non-hydrogen) atoms. The van der Waals surface area contributed by atoms with Crippen LogP contribution in [0.15, 0.2) is 0 Å². The molecule has 27 nitrogen and oxygen atoms in total. The number of phosphoric acid groups is 1. The smallest absolute Gasteiger partial charge is 0.387 e. The van der Waals surface area contributed by atoms with Crippen molar-refractivity contribution in [1.29, 1.82) is 0 Å². The molecule has 4 rings (SSSR count). The van der Waals surface area contributed by atoms with Crippen LogP contribution in [0.1, 0.15) is 19.3 Å². The minimum absolute atomic E-state index is 0.0261. The maximum Gasteiger partial charge on any atom is 0.469 e. The summed E-state index contributed by atoms with van der Waals surface area (Å²) in [4.78, 5) is 33.7. The lowest BCUT2D eigenvalue weighted by Gasteiger charge is -2.44. The maximum atomic E-state index is 11.5. The highest BCUT2D eigenvalue weighted by molar-refractivity contribution is 7.46. The number of phosphoric ester groups is 1. The number of aliphatic hydroxyl groups excluding tert-OH is 12. The van der Waals surface area contributed by atoms with E-state index in [2.05, 4.69) is 9.36 Å². The van der Waals surface area contributed by atoms with Gasteiger partial charge >= 0.3 is 7.82 Å². The van der Waals surface area contributed by atoms with Gasteiger partial charge in [0.15, 0.2) is 30.9 Å². The number of hydrogen-bond donors (Lipinski definition) is 15. The van der Waals surface area contributed by atoms with Crippen molar-refractivity contribution in [2.45, 2.75) is 142 Å². The second-order valence-corrected chi connectivity index (χ2v) is 15.3. The van der Waals surface area contributed by atoms with Crippen LogP contribution in [0.4, 0.5) is 0 Å². The van der Waals surface area contributed by atoms with Crippen molar-refractivity contribution >= 4 is 13.6 Å². The molecule has 16 N–H and O–H groups in total. The lowest BCUT2D eigenvalue weighted by molar-refractivity contribution is -0.347. The van der Waals surface area contributed by atoms with Gasteiger partial charge in [-0.05, 0) is 12.8 Å². The van der Waals surface area contributed by atoms with E-state index in [-0.39, 0.29) is 25.4 Å². The summed E-state index contributed by atoms with van der Waals surface area (Å²) in [7, 11) is -5.04. The number of aliphatic hydroxyl groups is 12. The maximum absolute atomic E-state index is 11.5. The first-order chi connectivity index (χ1) is 27.2. The van der Waals surface area contributed by atoms with Gasteiger partial charge in [-0.25, -0.2) is 10.5 Å². The highest BCUT2D eigenvalue weighted by Crippen LogP contribution is 2.37. The highest BCUT2D eigenvalue weighted by atomic mass is 31.2. The third-order valence-corrected chi connectivity index (χ3v) is 10.2. The summed E-state index contributed by atoms with van der Waals surface area (Å²) in [6.45, 7) is -3.37. The molecule has 0 aliphatic carbocycles. The molecule has 4 aliphatic heterocycles. The summed E-state index contributed by atoms with van der Waals surface area (Å²) >= 11 is 0. The van der Waals surface area contributed by atoms with E-state index in [0.717, 1.165) is 0 Å². The summed E-state index contributed by atoms with van der Waals surface area (Å²) in [6.07, 6.45) is -34.6. The van der Waals surface area contributed by atoms with Crippen molar-refractivity contribution in [3.8, 4) is 0 Å². The lowest BCUT2D eigenvalue weighted by Crippen LogP contribution is -2.63. The van der Waals surface area contributed by atoms with Gasteiger partial charge in [-0.3, -0.25) is 14.2 Å². The van der Waals surface area contributed by atoms with E-state index in [0.29, 0.717) is 12.8 Å². The summed E-state index contributed by atoms with van der Waals surface area (Å²) in [5, 5.41) is 125. The highest BCUT2D eigenvalue weighted by Gasteiger charge is 2.51. The molecule has 4 heterocycles. The van der Waals surface area contributed by atoms with Gasteiger partial charge in [0.2, 0.25) is 0 Å². The quantitative estimate of drug-likeness (QED) is 0.0307. The Kier molecular flexibility index (Phi) is 19.1. The molecule has 0 aromatic rings. The zero-order valence-electron chi connectivity index (χ0n) is 30.6. The molecular formula is C30H54NO26P. The molecule has 0 saturated carbocycles. The zero-order valence-corrected chi connectivity index (χ0v) is 31.5. The number of Topliss-reactive ketones (excluding diaryl/α,β-unsaturated/α-hetero) is 1. The van der Waals surface area contributed by atoms with Gasteiger partial charge in [0, 0.05) is 13.0 Å². The van der Waals surface area contributed by atoms with Crippen LogP contribution in [0.3, 0.4) is 0 Å². The van der Waals surface area contributed by atoms with Crippen molar-refractivity contribution in [3.05, 3.63) is 0 Å². The second-order valence-electron chi connectivity index (χ2n) is 14.0. The normalized spacial score (nSPS) is 44.0. The van der Waals surface area contributed by atoms with E-state index < -0.39 is 157 Å². The average Bonchev–Trinajstić information content (AvgIpc) is 3.17. The van der Waals surface area contributed by atoms with E-state index in [1.807, 2.05) is 0 Å². The van der Waals surface area contributed by atoms with Gasteiger partial charge in [-0.2, -0.15) is 0 Å². The monoisotopic (exact) mass is 875 g/mol. The number of rotatable bonds is 20. The Morgan fingerprint density at radius 2 is 0.810 bits per heavy atom. The van der Waals surface area contributed by atoms with Gasteiger partial charge in [-0.15, -0.1) is 0 Å². The summed E-state index contributed by atoms with van der Waals surface area (Å²) in [5.41, 5.74) is 0. The van der Waals surface area contributed by atoms with Crippen LogP contribution >= 0.6 is 7.82 Å². The van der Waals surface area contributed by atoms with E-state index >= 15 is 0 Å². The minimum atomic E-state index is -5.04. The summed E-state index contributed by atoms with van der Waals surface area (Å²) in [5.74, 6) is 4.62. The molecular weight excluding hydrogens is 821 g/mol. The Bertz CT molecular complexity index is 1300. The molecule has 340 valence electrons. The third-order valence-electron chi connectivity index (χ3n) is 9.73. The van der Waals surface area contributed by atoms with Crippen molar-refractivity contribution < 1.29 is 128 Å². The first kappa shape index (κ1) is 49.6. The second kappa shape index (κ2) is 22.3. The largest absolute Gasteiger partial charge is 0.469 e. The molecule has 0 amide bonds. The number of unbranched alkanes of at least 4 members (excludes halogenated alkanes) is 1. The predicted octanol–water partition coefficient (Wildman–Crippen LogP) is -8.98. The van der Waals surface area contributed by atoms with E-state index in [1.54, 1.807) is 0 Å². The third kappa shape index (κ3) is 13.0. The number of carbonyl (C=O) groups excluding carboxylic acids is 1. The van der Waals surface area contributed by atoms with Gasteiger partial charge < -0.3 is 109 Å². The van der Waals surface area contributed by atoms with Crippen LogP contribution in [0.5, 0.6) is 0 Å². The van der Waals surface area contributed by atoms with Crippen LogP contribution < -0.4 is 5.90 Å². The van der Waals surface area contributed by atoms with Crippen LogP contribution in [-0.4, -0.2) is 239 Å². The molecule has 20 atom stereocenters. The van der Waals surface area contributed by atoms with Crippen molar-refractivity contribution in [3.63, 3.8) is 0 Å². The molecule has 4 saturated heterocycles. The molecule has 28 heteroatoms. The number of carbonyl (C=O) groups is 1. The Morgan fingerprint density at radius 1 is 0.483 bits per heavy atom. The Balaban J connectivity index is 1.30. The van der Waals surface area contributed by atoms with Gasteiger partial charge in [0.05, 0.1) is 26.4 Å². The molecule has 0 aromatic carbocycles. The van der Waals surface area contributed by atoms with E-state index in [4.69, 9.17) is 53.6 Å². The van der Waals surface area contributed by atoms with Crippen molar-refractivity contribution in [1.82, 2.24) is 0 Å². The fourth-order valence-corrected chi connectivity index (χ4v) is 6.64. The molecule has 8 unspecified atom stereocenters. The van der Waals surface area contributed by atoms with Gasteiger partial charge in [0.25, 0.3) is 0 Å². The van der Waals surface area contributed by atoms with Gasteiger partial charge in [0.1, 0.15) is 104 Å². The number of ether oxygens (including phenoxy) is 8. The fourth-order valence-electron chi connectivity index (χ4n) is 6.30. The molecule has 0 radical (unpaired) electrons. The van der Waals surface area contributed by atoms with E-state index in [9.17, 15) is 70.6 Å². The average molecular weight is 876 g/mol. The number of ketones is 1. The first-order valence-corrected chi connectivity index (χ1v) is 19.6. The van der Waals surface area contributed by atoms with E-state index in [1.165, 1.54) is 0 Å². The number of hydrogen-bond acceptors (Lipinski definition) is 25. The Labute approximate surface area is 329 Å². The topological polar surface area (TPSA) is 436 Å². The Morgan fingerprint density at radius 3 is 1.14 bits per heavy atom. The number of nitrogens with two attached hydrogens (primary N) is 1. The standard InChI is InChI=1S/C30H54NO26P/c31-52-5-10(32)3-1-2-4-48-27-23(41)19(37)15(33)11(54-27)6-49-28-24(42)20(38)16(34)12(55-28)7-50-29-25(43)21(39)17(35)13(56-29)8-51-30-26(44)22(40)18(36)14(57-30)9-53-58(45,46)47/h11-30,33-44H,1-9,31H2,(H2,45,46,47)/t11?,12?,13?,14?,15-,16-,17-,18-,19+,20+,21+,22+,23?,24?,25?,26?,27+,28+,29+,30+/m1/s1. The molecule has 4 aliphatic rings. The van der Waals surface area contributed by atoms with Crippen molar-refractivity contribution in [2.75, 3.05) is 39.6 Å².